The Bertz CT molecular complexity index is 3400. The van der Waals surface area contributed by atoms with Gasteiger partial charge < -0.3 is 9.13 Å². The van der Waals surface area contributed by atoms with Crippen molar-refractivity contribution in [2.75, 3.05) is 0 Å². The molecule has 0 aliphatic heterocycles. The van der Waals surface area contributed by atoms with Crippen molar-refractivity contribution >= 4 is 75.1 Å². The molecular formula is C51H31N5S. The zero-order valence-electron chi connectivity index (χ0n) is 30.5. The van der Waals surface area contributed by atoms with Gasteiger partial charge in [-0.05, 0) is 54.6 Å². The van der Waals surface area contributed by atoms with E-state index in [1.54, 1.807) is 0 Å². The number of aromatic nitrogens is 5. The first kappa shape index (κ1) is 31.9. The number of nitrogens with zero attached hydrogens (tertiary/aromatic N) is 5. The van der Waals surface area contributed by atoms with E-state index in [0.29, 0.717) is 17.5 Å². The van der Waals surface area contributed by atoms with E-state index in [4.69, 9.17) is 15.0 Å². The van der Waals surface area contributed by atoms with Gasteiger partial charge in [-0.2, -0.15) is 0 Å². The molecule has 0 bridgehead atoms. The Morgan fingerprint density at radius 2 is 0.895 bits per heavy atom. The van der Waals surface area contributed by atoms with Crippen LogP contribution in [-0.2, 0) is 0 Å². The van der Waals surface area contributed by atoms with E-state index in [1.165, 1.54) is 53.1 Å². The number of hydrogen-bond donors (Lipinski definition) is 0. The second kappa shape index (κ2) is 12.6. The molecule has 0 unspecified atom stereocenters. The van der Waals surface area contributed by atoms with Crippen LogP contribution in [0.2, 0.25) is 0 Å². The molecule has 57 heavy (non-hydrogen) atoms. The van der Waals surface area contributed by atoms with Gasteiger partial charge >= 0.3 is 0 Å². The lowest BCUT2D eigenvalue weighted by atomic mass is 10.0. The van der Waals surface area contributed by atoms with Crippen LogP contribution in [0.25, 0.3) is 109 Å². The lowest BCUT2D eigenvalue weighted by Gasteiger charge is -2.12. The molecular weight excluding hydrogens is 715 g/mol. The van der Waals surface area contributed by atoms with Crippen LogP contribution in [0.3, 0.4) is 0 Å². The average Bonchev–Trinajstić information content (AvgIpc) is 3.95. The summed E-state index contributed by atoms with van der Waals surface area (Å²) in [5.74, 6) is 1.91. The van der Waals surface area contributed by atoms with Crippen LogP contribution in [0, 0.1) is 0 Å². The summed E-state index contributed by atoms with van der Waals surface area (Å²) < 4.78 is 7.37. The average molecular weight is 746 g/mol. The van der Waals surface area contributed by atoms with Crippen molar-refractivity contribution in [2.45, 2.75) is 0 Å². The van der Waals surface area contributed by atoms with Gasteiger partial charge in [0.15, 0.2) is 17.5 Å². The Labute approximate surface area is 331 Å². The first-order chi connectivity index (χ1) is 28.3. The molecule has 0 atom stereocenters. The Kier molecular flexibility index (Phi) is 7.03. The van der Waals surface area contributed by atoms with Crippen LogP contribution in [-0.4, -0.2) is 24.1 Å². The summed E-state index contributed by atoms with van der Waals surface area (Å²) in [5.41, 5.74) is 9.67. The van der Waals surface area contributed by atoms with Gasteiger partial charge in [-0.25, -0.2) is 15.0 Å². The maximum absolute atomic E-state index is 5.23. The molecule has 4 aromatic heterocycles. The Morgan fingerprint density at radius 3 is 1.56 bits per heavy atom. The number of para-hydroxylation sites is 4. The molecule has 4 heterocycles. The number of rotatable bonds is 5. The topological polar surface area (TPSA) is 48.5 Å². The summed E-state index contributed by atoms with van der Waals surface area (Å²) in [7, 11) is 0. The van der Waals surface area contributed by atoms with Gasteiger partial charge in [0.2, 0.25) is 0 Å². The quantitative estimate of drug-likeness (QED) is 0.176. The smallest absolute Gasteiger partial charge is 0.166 e. The van der Waals surface area contributed by atoms with Crippen LogP contribution in [0.1, 0.15) is 0 Å². The number of benzene rings is 8. The molecule has 0 spiro atoms. The largest absolute Gasteiger partial charge is 0.309 e. The minimum Gasteiger partial charge on any atom is -0.309 e. The molecule has 0 radical (unpaired) electrons. The molecule has 8 aromatic carbocycles. The van der Waals surface area contributed by atoms with E-state index in [9.17, 15) is 0 Å². The predicted molar refractivity (Wildman–Crippen MR) is 238 cm³/mol. The molecule has 0 saturated heterocycles. The van der Waals surface area contributed by atoms with Gasteiger partial charge in [-0.3, -0.25) is 0 Å². The third-order valence-corrected chi connectivity index (χ3v) is 12.3. The highest BCUT2D eigenvalue weighted by molar-refractivity contribution is 7.26. The Morgan fingerprint density at radius 1 is 0.351 bits per heavy atom. The molecule has 0 amide bonds. The van der Waals surface area contributed by atoms with Crippen molar-refractivity contribution in [1.29, 1.82) is 0 Å². The molecule has 12 rings (SSSR count). The SMILES string of the molecule is c1ccc(-c2nc(-c3ccccc3)nc(-c3cccc4c5c6c(ccc5n(-c5ccccc5)c34)sc3cccc(-n4c5ccccc5c5ccccc54)c36)n2)cc1. The summed E-state index contributed by atoms with van der Waals surface area (Å²) in [4.78, 5) is 15.5. The second-order valence-corrected chi connectivity index (χ2v) is 15.4. The first-order valence-corrected chi connectivity index (χ1v) is 19.9. The zero-order valence-corrected chi connectivity index (χ0v) is 31.4. The highest BCUT2D eigenvalue weighted by Gasteiger charge is 2.24. The zero-order chi connectivity index (χ0) is 37.5. The van der Waals surface area contributed by atoms with Crippen LogP contribution in [0.4, 0.5) is 0 Å². The summed E-state index contributed by atoms with van der Waals surface area (Å²) in [5, 5.41) is 7.38. The summed E-state index contributed by atoms with van der Waals surface area (Å²) in [6.07, 6.45) is 0. The van der Waals surface area contributed by atoms with Gasteiger partial charge in [0.1, 0.15) is 0 Å². The predicted octanol–water partition coefficient (Wildman–Crippen LogP) is 13.4. The molecule has 5 nitrogen and oxygen atoms in total. The van der Waals surface area contributed by atoms with Gasteiger partial charge in [0, 0.05) is 64.1 Å². The fourth-order valence-electron chi connectivity index (χ4n) is 8.77. The molecule has 0 saturated carbocycles. The van der Waals surface area contributed by atoms with Crippen molar-refractivity contribution in [3.05, 3.63) is 188 Å². The van der Waals surface area contributed by atoms with Gasteiger partial charge in [-0.15, -0.1) is 11.3 Å². The summed E-state index contributed by atoms with van der Waals surface area (Å²) in [6, 6.07) is 66.5. The Balaban J connectivity index is 1.22. The lowest BCUT2D eigenvalue weighted by molar-refractivity contribution is 1.07. The van der Waals surface area contributed by atoms with Gasteiger partial charge in [-0.1, -0.05) is 133 Å². The van der Waals surface area contributed by atoms with E-state index >= 15 is 0 Å². The van der Waals surface area contributed by atoms with Crippen molar-refractivity contribution in [1.82, 2.24) is 24.1 Å². The number of hydrogen-bond acceptors (Lipinski definition) is 4. The lowest BCUT2D eigenvalue weighted by Crippen LogP contribution is -2.02. The van der Waals surface area contributed by atoms with Crippen molar-refractivity contribution in [3.63, 3.8) is 0 Å². The maximum Gasteiger partial charge on any atom is 0.166 e. The molecule has 266 valence electrons. The minimum atomic E-state index is 0.630. The van der Waals surface area contributed by atoms with E-state index in [0.717, 1.165) is 38.8 Å². The molecule has 6 heteroatoms. The van der Waals surface area contributed by atoms with Crippen molar-refractivity contribution in [3.8, 4) is 45.5 Å². The molecule has 0 aliphatic rings. The maximum atomic E-state index is 5.23. The van der Waals surface area contributed by atoms with Crippen LogP contribution >= 0.6 is 11.3 Å². The van der Waals surface area contributed by atoms with E-state index < -0.39 is 0 Å². The number of thiophene rings is 1. The van der Waals surface area contributed by atoms with Crippen LogP contribution in [0.15, 0.2) is 188 Å². The fourth-order valence-corrected chi connectivity index (χ4v) is 9.90. The highest BCUT2D eigenvalue weighted by Crippen LogP contribution is 2.48. The summed E-state index contributed by atoms with van der Waals surface area (Å²) in [6.45, 7) is 0. The van der Waals surface area contributed by atoms with Crippen molar-refractivity contribution < 1.29 is 0 Å². The van der Waals surface area contributed by atoms with Gasteiger partial charge in [0.25, 0.3) is 0 Å². The van der Waals surface area contributed by atoms with Crippen LogP contribution < -0.4 is 0 Å². The fraction of sp³-hybridized carbons (Fsp3) is 0. The molecule has 12 aromatic rings. The van der Waals surface area contributed by atoms with Gasteiger partial charge in [0.05, 0.1) is 27.8 Å². The Hall–Kier alpha value is -7.41. The summed E-state index contributed by atoms with van der Waals surface area (Å²) >= 11 is 1.86. The number of fused-ring (bicyclic) bond motifs is 10. The first-order valence-electron chi connectivity index (χ1n) is 19.1. The van der Waals surface area contributed by atoms with Crippen molar-refractivity contribution in [2.24, 2.45) is 0 Å². The standard InChI is InChI=1S/C51H31N5S/c1-4-16-32(17-5-1)49-52-50(33-18-6-2-7-19-33)54-51(53-49)38-25-14-24-37-45-42(55(48(37)38)34-20-8-3-9-21-34)30-31-44-47(45)46-41(28-15-29-43(46)57-44)56-39-26-12-10-22-35(39)36-23-11-13-27-40(36)56/h1-31H. The molecule has 0 aliphatic carbocycles. The normalized spacial score (nSPS) is 11.9. The molecule has 0 fully saturated rings. The van der Waals surface area contributed by atoms with Crippen LogP contribution in [0.5, 0.6) is 0 Å². The monoisotopic (exact) mass is 745 g/mol. The third-order valence-electron chi connectivity index (χ3n) is 11.2. The molecule has 0 N–H and O–H groups in total. The van der Waals surface area contributed by atoms with E-state index in [1.807, 2.05) is 47.7 Å². The third kappa shape index (κ3) is 4.84. The van der Waals surface area contributed by atoms with E-state index in [-0.39, 0.29) is 0 Å². The highest BCUT2D eigenvalue weighted by atomic mass is 32.1. The second-order valence-electron chi connectivity index (χ2n) is 14.4. The minimum absolute atomic E-state index is 0.630. The van der Waals surface area contributed by atoms with E-state index in [2.05, 4.69) is 161 Å².